The van der Waals surface area contributed by atoms with E-state index in [-0.39, 0.29) is 11.5 Å². The van der Waals surface area contributed by atoms with Gasteiger partial charge in [0, 0.05) is 17.3 Å². The molecule has 1 aromatic carbocycles. The zero-order valence-electron chi connectivity index (χ0n) is 11.3. The average molecular weight is 243 g/mol. The Balaban J connectivity index is 2.10. The Kier molecular flexibility index (Phi) is 3.53. The molecule has 3 heteroatoms. The second-order valence-corrected chi connectivity index (χ2v) is 5.73. The van der Waals surface area contributed by atoms with E-state index in [0.29, 0.717) is 0 Å². The summed E-state index contributed by atoms with van der Waals surface area (Å²) in [4.78, 5) is 7.74. The van der Waals surface area contributed by atoms with Crippen LogP contribution in [-0.2, 0) is 11.8 Å². The predicted octanol–water partition coefficient (Wildman–Crippen LogP) is 2.95. The van der Waals surface area contributed by atoms with Crippen LogP contribution in [0.2, 0.25) is 0 Å². The number of nitrogens with two attached hydrogens (primary N) is 1. The first-order valence-electron chi connectivity index (χ1n) is 6.31. The third kappa shape index (κ3) is 2.99. The van der Waals surface area contributed by atoms with Crippen LogP contribution in [0.1, 0.15) is 43.9 Å². The topological polar surface area (TPSA) is 54.7 Å². The summed E-state index contributed by atoms with van der Waals surface area (Å²) in [6, 6.07) is 10.2. The van der Waals surface area contributed by atoms with Crippen LogP contribution in [0.15, 0.2) is 36.5 Å². The highest BCUT2D eigenvalue weighted by Gasteiger charge is 2.18. The summed E-state index contributed by atoms with van der Waals surface area (Å²) in [6.07, 6.45) is 2.69. The SMILES string of the molecule is CC(C)(C)c1cnc(C(N)Cc2ccccc2)[nH]1. The molecule has 0 bridgehead atoms. The maximum atomic E-state index is 6.19. The molecule has 1 aromatic heterocycles. The molecule has 0 aliphatic heterocycles. The molecule has 1 heterocycles. The van der Waals surface area contributed by atoms with Gasteiger partial charge in [0.15, 0.2) is 0 Å². The largest absolute Gasteiger partial charge is 0.344 e. The van der Waals surface area contributed by atoms with Gasteiger partial charge < -0.3 is 10.7 Å². The fourth-order valence-electron chi connectivity index (χ4n) is 1.87. The van der Waals surface area contributed by atoms with Crippen LogP contribution in [0, 0.1) is 0 Å². The quantitative estimate of drug-likeness (QED) is 0.870. The van der Waals surface area contributed by atoms with Crippen LogP contribution in [-0.4, -0.2) is 9.97 Å². The number of hydrogen-bond acceptors (Lipinski definition) is 2. The molecule has 0 saturated carbocycles. The van der Waals surface area contributed by atoms with Gasteiger partial charge in [-0.25, -0.2) is 4.98 Å². The van der Waals surface area contributed by atoms with Crippen molar-refractivity contribution in [1.29, 1.82) is 0 Å². The maximum absolute atomic E-state index is 6.19. The minimum atomic E-state index is -0.0801. The summed E-state index contributed by atoms with van der Waals surface area (Å²) < 4.78 is 0. The zero-order chi connectivity index (χ0) is 13.2. The van der Waals surface area contributed by atoms with Crippen molar-refractivity contribution >= 4 is 0 Å². The molecule has 3 nitrogen and oxygen atoms in total. The lowest BCUT2D eigenvalue weighted by atomic mass is 9.93. The van der Waals surface area contributed by atoms with Gasteiger partial charge in [-0.1, -0.05) is 51.1 Å². The van der Waals surface area contributed by atoms with Crippen LogP contribution < -0.4 is 5.73 Å². The molecule has 0 saturated heterocycles. The molecule has 0 aliphatic rings. The van der Waals surface area contributed by atoms with Gasteiger partial charge in [-0.2, -0.15) is 0 Å². The number of H-pyrrole nitrogens is 1. The predicted molar refractivity (Wildman–Crippen MR) is 74.4 cm³/mol. The first-order chi connectivity index (χ1) is 8.47. The maximum Gasteiger partial charge on any atom is 0.123 e. The lowest BCUT2D eigenvalue weighted by molar-refractivity contribution is 0.567. The van der Waals surface area contributed by atoms with E-state index in [1.807, 2.05) is 24.4 Å². The molecule has 3 N–H and O–H groups in total. The molecule has 2 rings (SSSR count). The van der Waals surface area contributed by atoms with E-state index < -0.39 is 0 Å². The van der Waals surface area contributed by atoms with Crippen molar-refractivity contribution in [3.63, 3.8) is 0 Å². The summed E-state index contributed by atoms with van der Waals surface area (Å²) in [5.74, 6) is 0.865. The van der Waals surface area contributed by atoms with Gasteiger partial charge in [0.05, 0.1) is 6.04 Å². The molecule has 1 atom stereocenters. The Morgan fingerprint density at radius 3 is 2.44 bits per heavy atom. The number of nitrogens with one attached hydrogen (secondary N) is 1. The number of rotatable bonds is 3. The summed E-state index contributed by atoms with van der Waals surface area (Å²) >= 11 is 0. The lowest BCUT2D eigenvalue weighted by Gasteiger charge is -2.15. The molecule has 0 radical (unpaired) electrons. The van der Waals surface area contributed by atoms with E-state index >= 15 is 0 Å². The van der Waals surface area contributed by atoms with Crippen molar-refractivity contribution in [2.45, 2.75) is 38.6 Å². The number of benzene rings is 1. The second-order valence-electron chi connectivity index (χ2n) is 5.73. The second kappa shape index (κ2) is 4.94. The monoisotopic (exact) mass is 243 g/mol. The summed E-state index contributed by atoms with van der Waals surface area (Å²) in [5, 5.41) is 0. The molecule has 0 amide bonds. The Bertz CT molecular complexity index is 494. The molecule has 18 heavy (non-hydrogen) atoms. The van der Waals surface area contributed by atoms with Gasteiger partial charge in [-0.05, 0) is 12.0 Å². The first kappa shape index (κ1) is 12.8. The van der Waals surface area contributed by atoms with Crippen molar-refractivity contribution in [1.82, 2.24) is 9.97 Å². The highest BCUT2D eigenvalue weighted by Crippen LogP contribution is 2.22. The number of nitrogens with zero attached hydrogens (tertiary/aromatic N) is 1. The number of hydrogen-bond donors (Lipinski definition) is 2. The number of imidazole rings is 1. The molecule has 2 aromatic rings. The van der Waals surface area contributed by atoms with E-state index in [9.17, 15) is 0 Å². The highest BCUT2D eigenvalue weighted by molar-refractivity contribution is 5.19. The molecule has 0 spiro atoms. The van der Waals surface area contributed by atoms with E-state index in [2.05, 4.69) is 42.9 Å². The van der Waals surface area contributed by atoms with Crippen LogP contribution in [0.5, 0.6) is 0 Å². The van der Waals surface area contributed by atoms with Gasteiger partial charge in [-0.3, -0.25) is 0 Å². The lowest BCUT2D eigenvalue weighted by Crippen LogP contribution is -2.16. The van der Waals surface area contributed by atoms with Gasteiger partial charge in [-0.15, -0.1) is 0 Å². The van der Waals surface area contributed by atoms with Crippen molar-refractivity contribution in [3.8, 4) is 0 Å². The van der Waals surface area contributed by atoms with Crippen molar-refractivity contribution in [2.75, 3.05) is 0 Å². The highest BCUT2D eigenvalue weighted by atomic mass is 15.0. The zero-order valence-corrected chi connectivity index (χ0v) is 11.3. The summed E-state index contributed by atoms with van der Waals surface area (Å²) in [6.45, 7) is 6.48. The fourth-order valence-corrected chi connectivity index (χ4v) is 1.87. The number of aromatic nitrogens is 2. The molecule has 0 aliphatic carbocycles. The standard InChI is InChI=1S/C15H21N3/c1-15(2,3)13-10-17-14(18-13)12(16)9-11-7-5-4-6-8-11/h4-8,10,12H,9,16H2,1-3H3,(H,17,18). The fraction of sp³-hybridized carbons (Fsp3) is 0.400. The third-order valence-corrected chi connectivity index (χ3v) is 3.05. The number of aromatic amines is 1. The van der Waals surface area contributed by atoms with Crippen LogP contribution in [0.3, 0.4) is 0 Å². The van der Waals surface area contributed by atoms with E-state index in [4.69, 9.17) is 5.73 Å². The third-order valence-electron chi connectivity index (χ3n) is 3.05. The molecule has 0 fully saturated rings. The smallest absolute Gasteiger partial charge is 0.123 e. The Hall–Kier alpha value is -1.61. The van der Waals surface area contributed by atoms with E-state index in [1.54, 1.807) is 0 Å². The molecule has 96 valence electrons. The van der Waals surface area contributed by atoms with Gasteiger partial charge in [0.25, 0.3) is 0 Å². The normalized spacial score (nSPS) is 13.6. The van der Waals surface area contributed by atoms with Gasteiger partial charge in [0.1, 0.15) is 5.82 Å². The van der Waals surface area contributed by atoms with Crippen LogP contribution >= 0.6 is 0 Å². The summed E-state index contributed by atoms with van der Waals surface area (Å²) in [5.41, 5.74) is 8.63. The minimum Gasteiger partial charge on any atom is -0.344 e. The Labute approximate surface area is 108 Å². The molecular formula is C15H21N3. The van der Waals surface area contributed by atoms with Crippen LogP contribution in [0.4, 0.5) is 0 Å². The Morgan fingerprint density at radius 2 is 1.89 bits per heavy atom. The van der Waals surface area contributed by atoms with Crippen molar-refractivity contribution < 1.29 is 0 Å². The van der Waals surface area contributed by atoms with E-state index in [1.165, 1.54) is 5.56 Å². The Morgan fingerprint density at radius 1 is 1.22 bits per heavy atom. The van der Waals surface area contributed by atoms with Crippen molar-refractivity contribution in [2.24, 2.45) is 5.73 Å². The van der Waals surface area contributed by atoms with Crippen molar-refractivity contribution in [3.05, 3.63) is 53.6 Å². The van der Waals surface area contributed by atoms with E-state index in [0.717, 1.165) is 17.9 Å². The average Bonchev–Trinajstić information content (AvgIpc) is 2.79. The first-order valence-corrected chi connectivity index (χ1v) is 6.31. The van der Waals surface area contributed by atoms with Gasteiger partial charge >= 0.3 is 0 Å². The molecule has 1 unspecified atom stereocenters. The minimum absolute atomic E-state index is 0.0801. The summed E-state index contributed by atoms with van der Waals surface area (Å²) in [7, 11) is 0. The van der Waals surface area contributed by atoms with Crippen LogP contribution in [0.25, 0.3) is 0 Å². The molecular weight excluding hydrogens is 222 g/mol. The van der Waals surface area contributed by atoms with Gasteiger partial charge in [0.2, 0.25) is 0 Å².